The Morgan fingerprint density at radius 2 is 1.83 bits per heavy atom. The average molecular weight is 208 g/mol. The van der Waals surface area contributed by atoms with E-state index in [1.807, 2.05) is 21.6 Å². The molecule has 0 spiro atoms. The third-order valence-corrected chi connectivity index (χ3v) is 4.23. The molecule has 0 unspecified atom stereocenters. The van der Waals surface area contributed by atoms with Gasteiger partial charge in [0.15, 0.2) is 0 Å². The smallest absolute Gasteiger partial charge is 0.0568 e. The molecule has 1 nitrogen and oxygen atoms in total. The fourth-order valence-electron chi connectivity index (χ4n) is 0.536. The Morgan fingerprint density at radius 1 is 1.25 bits per heavy atom. The molecule has 0 saturated carbocycles. The zero-order valence-corrected chi connectivity index (χ0v) is 10.3. The molecule has 0 fully saturated rings. The molecule has 0 bridgehead atoms. The molecule has 3 heteroatoms. The summed E-state index contributed by atoms with van der Waals surface area (Å²) < 4.78 is 5.79. The van der Waals surface area contributed by atoms with Crippen molar-refractivity contribution >= 4 is 21.6 Å². The van der Waals surface area contributed by atoms with Gasteiger partial charge in [0.25, 0.3) is 0 Å². The van der Waals surface area contributed by atoms with Crippen LogP contribution in [0.4, 0.5) is 0 Å². The second-order valence-corrected chi connectivity index (χ2v) is 7.18. The first kappa shape index (κ1) is 12.7. The quantitative estimate of drug-likeness (QED) is 0.505. The van der Waals surface area contributed by atoms with Gasteiger partial charge in [0.2, 0.25) is 0 Å². The van der Waals surface area contributed by atoms with Crippen molar-refractivity contribution in [2.24, 2.45) is 0 Å². The largest absolute Gasteiger partial charge is 0.378 e. The summed E-state index contributed by atoms with van der Waals surface area (Å²) in [6, 6.07) is 0. The van der Waals surface area contributed by atoms with Gasteiger partial charge in [-0.2, -0.15) is 0 Å². The first-order valence-electron chi connectivity index (χ1n) is 4.34. The molecular formula is C9H20OS2. The summed E-state index contributed by atoms with van der Waals surface area (Å²) in [6.45, 7) is 11.7. The van der Waals surface area contributed by atoms with E-state index >= 15 is 0 Å². The summed E-state index contributed by atoms with van der Waals surface area (Å²) in [7, 11) is 3.82. The van der Waals surface area contributed by atoms with E-state index in [0.717, 1.165) is 12.4 Å². The van der Waals surface area contributed by atoms with Crippen LogP contribution in [-0.4, -0.2) is 23.2 Å². The van der Waals surface area contributed by atoms with Gasteiger partial charge in [0, 0.05) is 10.5 Å². The zero-order valence-electron chi connectivity index (χ0n) is 8.72. The van der Waals surface area contributed by atoms with Crippen molar-refractivity contribution in [1.82, 2.24) is 0 Å². The van der Waals surface area contributed by atoms with E-state index in [-0.39, 0.29) is 0 Å². The van der Waals surface area contributed by atoms with Crippen molar-refractivity contribution < 1.29 is 4.74 Å². The van der Waals surface area contributed by atoms with Gasteiger partial charge < -0.3 is 4.74 Å². The van der Waals surface area contributed by atoms with Gasteiger partial charge >= 0.3 is 0 Å². The molecule has 0 amide bonds. The number of rotatable bonds is 5. The Hall–Kier alpha value is 0.660. The predicted molar refractivity (Wildman–Crippen MR) is 60.9 cm³/mol. The summed E-state index contributed by atoms with van der Waals surface area (Å²) in [5.74, 6) is 1.08. The van der Waals surface area contributed by atoms with Crippen LogP contribution in [0.3, 0.4) is 0 Å². The van der Waals surface area contributed by atoms with Gasteiger partial charge in [0.05, 0.1) is 12.7 Å². The van der Waals surface area contributed by atoms with Crippen LogP contribution in [0.25, 0.3) is 0 Å². The maximum atomic E-state index is 5.42. The molecule has 12 heavy (non-hydrogen) atoms. The van der Waals surface area contributed by atoms with Gasteiger partial charge in [-0.15, -0.1) is 0 Å². The van der Waals surface area contributed by atoms with Crippen molar-refractivity contribution in [3.05, 3.63) is 0 Å². The summed E-state index contributed by atoms with van der Waals surface area (Å²) in [5, 5.41) is 0. The molecule has 0 heterocycles. The SMILES string of the molecule is CC(C)OCCSSC(C)(C)C. The summed E-state index contributed by atoms with van der Waals surface area (Å²) in [6.07, 6.45) is 0.366. The molecule has 0 aliphatic carbocycles. The van der Waals surface area contributed by atoms with Crippen molar-refractivity contribution in [3.8, 4) is 0 Å². The van der Waals surface area contributed by atoms with E-state index in [1.165, 1.54) is 0 Å². The second kappa shape index (κ2) is 6.17. The molecule has 0 N–H and O–H groups in total. The van der Waals surface area contributed by atoms with E-state index in [9.17, 15) is 0 Å². The Morgan fingerprint density at radius 3 is 2.25 bits per heavy atom. The van der Waals surface area contributed by atoms with Gasteiger partial charge in [-0.3, -0.25) is 0 Å². The molecule has 0 aliphatic heterocycles. The van der Waals surface area contributed by atoms with Gasteiger partial charge in [0.1, 0.15) is 0 Å². The van der Waals surface area contributed by atoms with Crippen LogP contribution in [0.1, 0.15) is 34.6 Å². The lowest BCUT2D eigenvalue weighted by Gasteiger charge is -2.16. The summed E-state index contributed by atoms with van der Waals surface area (Å²) in [4.78, 5) is 0. The summed E-state index contributed by atoms with van der Waals surface area (Å²) in [5.41, 5.74) is 0. The van der Waals surface area contributed by atoms with Crippen LogP contribution in [0.5, 0.6) is 0 Å². The van der Waals surface area contributed by atoms with E-state index in [1.54, 1.807) is 0 Å². The third kappa shape index (κ3) is 10.7. The van der Waals surface area contributed by atoms with Crippen LogP contribution in [-0.2, 0) is 4.74 Å². The number of ether oxygens (including phenoxy) is 1. The Kier molecular flexibility index (Phi) is 6.50. The lowest BCUT2D eigenvalue weighted by Crippen LogP contribution is -2.07. The fourth-order valence-corrected chi connectivity index (χ4v) is 2.65. The normalized spacial score (nSPS) is 12.5. The standard InChI is InChI=1S/C9H20OS2/c1-8(2)10-6-7-11-12-9(3,4)5/h8H,6-7H2,1-5H3. The predicted octanol–water partition coefficient (Wildman–Crippen LogP) is 3.59. The third-order valence-electron chi connectivity index (χ3n) is 0.927. The number of hydrogen-bond donors (Lipinski definition) is 0. The lowest BCUT2D eigenvalue weighted by molar-refractivity contribution is 0.0921. The minimum absolute atomic E-state index is 0.364. The van der Waals surface area contributed by atoms with Crippen molar-refractivity contribution in [3.63, 3.8) is 0 Å². The monoisotopic (exact) mass is 208 g/mol. The van der Waals surface area contributed by atoms with E-state index in [2.05, 4.69) is 34.6 Å². The molecule has 0 saturated heterocycles. The van der Waals surface area contributed by atoms with Gasteiger partial charge in [-0.25, -0.2) is 0 Å². The highest BCUT2D eigenvalue weighted by atomic mass is 33.1. The van der Waals surface area contributed by atoms with Crippen LogP contribution in [0.15, 0.2) is 0 Å². The van der Waals surface area contributed by atoms with E-state index < -0.39 is 0 Å². The molecule has 0 aromatic heterocycles. The van der Waals surface area contributed by atoms with Gasteiger partial charge in [-0.05, 0) is 13.8 Å². The second-order valence-electron chi connectivity index (χ2n) is 3.94. The number of hydrogen-bond acceptors (Lipinski definition) is 3. The Bertz CT molecular complexity index is 108. The van der Waals surface area contributed by atoms with E-state index in [4.69, 9.17) is 4.74 Å². The first-order valence-corrected chi connectivity index (χ1v) is 6.66. The lowest BCUT2D eigenvalue weighted by atomic mass is 10.3. The molecule has 0 radical (unpaired) electrons. The van der Waals surface area contributed by atoms with Crippen LogP contribution >= 0.6 is 21.6 Å². The molecule has 0 rings (SSSR count). The Labute approximate surface area is 84.4 Å². The van der Waals surface area contributed by atoms with Gasteiger partial charge in [-0.1, -0.05) is 42.4 Å². The minimum atomic E-state index is 0.364. The maximum absolute atomic E-state index is 5.42. The van der Waals surface area contributed by atoms with Crippen molar-refractivity contribution in [2.75, 3.05) is 12.4 Å². The molecule has 0 aromatic carbocycles. The molecule has 0 aliphatic rings. The van der Waals surface area contributed by atoms with E-state index in [0.29, 0.717) is 10.9 Å². The fraction of sp³-hybridized carbons (Fsp3) is 1.00. The Balaban J connectivity index is 3.12. The van der Waals surface area contributed by atoms with Crippen LogP contribution in [0, 0.1) is 0 Å². The molecule has 74 valence electrons. The first-order chi connectivity index (χ1) is 5.42. The maximum Gasteiger partial charge on any atom is 0.0568 e. The molecule has 0 aromatic rings. The highest BCUT2D eigenvalue weighted by Gasteiger charge is 2.10. The zero-order chi connectivity index (χ0) is 9.61. The van der Waals surface area contributed by atoms with Crippen LogP contribution in [0.2, 0.25) is 0 Å². The van der Waals surface area contributed by atoms with Crippen LogP contribution < -0.4 is 0 Å². The highest BCUT2D eigenvalue weighted by Crippen LogP contribution is 2.34. The average Bonchev–Trinajstić information content (AvgIpc) is 1.83. The van der Waals surface area contributed by atoms with Crippen molar-refractivity contribution in [2.45, 2.75) is 45.5 Å². The molecule has 0 atom stereocenters. The minimum Gasteiger partial charge on any atom is -0.378 e. The highest BCUT2D eigenvalue weighted by molar-refractivity contribution is 8.77. The van der Waals surface area contributed by atoms with Crippen molar-refractivity contribution in [1.29, 1.82) is 0 Å². The topological polar surface area (TPSA) is 9.23 Å². The summed E-state index contributed by atoms with van der Waals surface area (Å²) >= 11 is 0. The molecular weight excluding hydrogens is 188 g/mol.